The maximum Gasteiger partial charge on any atom is 0.257 e. The highest BCUT2D eigenvalue weighted by atomic mass is 19.1. The molecule has 1 amide bonds. The third-order valence-electron chi connectivity index (χ3n) is 2.27. The van der Waals surface area contributed by atoms with E-state index in [1.165, 1.54) is 12.3 Å². The van der Waals surface area contributed by atoms with E-state index >= 15 is 0 Å². The van der Waals surface area contributed by atoms with Crippen LogP contribution < -0.4 is 11.1 Å². The fraction of sp³-hybridized carbons (Fsp3) is 0.0909. The Kier molecular flexibility index (Phi) is 3.22. The first-order valence-corrected chi connectivity index (χ1v) is 5.00. The fourth-order valence-electron chi connectivity index (χ4n) is 1.36. The monoisotopic (exact) mass is 253 g/mol. The number of aromatic nitrogens is 1. The standard InChI is InChI=1S/C11H9F2N3O2/c12-7-1-2-8(14)10(13)9(7)11(17)15-5-6-3-4-18-16-6/h1-4H,5,14H2,(H,15,17). The molecule has 2 aromatic rings. The average molecular weight is 253 g/mol. The lowest BCUT2D eigenvalue weighted by molar-refractivity contribution is 0.0941. The van der Waals surface area contributed by atoms with Crippen LogP contribution in [0.2, 0.25) is 0 Å². The van der Waals surface area contributed by atoms with Crippen LogP contribution in [0, 0.1) is 11.6 Å². The zero-order chi connectivity index (χ0) is 13.1. The molecule has 1 aromatic carbocycles. The topological polar surface area (TPSA) is 81.2 Å². The van der Waals surface area contributed by atoms with Gasteiger partial charge >= 0.3 is 0 Å². The number of rotatable bonds is 3. The second-order valence-electron chi connectivity index (χ2n) is 3.50. The molecule has 5 nitrogen and oxygen atoms in total. The SMILES string of the molecule is Nc1ccc(F)c(C(=O)NCc2ccon2)c1F. The van der Waals surface area contributed by atoms with Gasteiger partial charge in [-0.2, -0.15) is 0 Å². The van der Waals surface area contributed by atoms with Gasteiger partial charge in [0.25, 0.3) is 5.91 Å². The minimum absolute atomic E-state index is 0.00299. The van der Waals surface area contributed by atoms with Gasteiger partial charge in [-0.3, -0.25) is 4.79 Å². The summed E-state index contributed by atoms with van der Waals surface area (Å²) < 4.78 is 31.4. The summed E-state index contributed by atoms with van der Waals surface area (Å²) in [5.41, 5.74) is 4.71. The van der Waals surface area contributed by atoms with Crippen LogP contribution in [0.4, 0.5) is 14.5 Å². The van der Waals surface area contributed by atoms with Crippen molar-refractivity contribution in [3.63, 3.8) is 0 Å². The average Bonchev–Trinajstić information content (AvgIpc) is 2.85. The number of nitrogens with one attached hydrogen (secondary N) is 1. The van der Waals surface area contributed by atoms with Gasteiger partial charge in [0.05, 0.1) is 12.2 Å². The van der Waals surface area contributed by atoms with Gasteiger partial charge < -0.3 is 15.6 Å². The molecule has 0 spiro atoms. The molecular weight excluding hydrogens is 244 g/mol. The van der Waals surface area contributed by atoms with Gasteiger partial charge in [0.2, 0.25) is 0 Å². The molecule has 0 bridgehead atoms. The van der Waals surface area contributed by atoms with E-state index in [0.29, 0.717) is 5.69 Å². The van der Waals surface area contributed by atoms with Gasteiger partial charge in [0.1, 0.15) is 23.3 Å². The molecule has 0 radical (unpaired) electrons. The minimum atomic E-state index is -1.08. The van der Waals surface area contributed by atoms with Crippen molar-refractivity contribution in [2.75, 3.05) is 5.73 Å². The molecule has 0 saturated heterocycles. The Hall–Kier alpha value is -2.44. The molecule has 0 aliphatic carbocycles. The summed E-state index contributed by atoms with van der Waals surface area (Å²) in [4.78, 5) is 11.6. The Balaban J connectivity index is 2.16. The van der Waals surface area contributed by atoms with Crippen LogP contribution in [-0.4, -0.2) is 11.1 Å². The Bertz CT molecular complexity index is 570. The lowest BCUT2D eigenvalue weighted by atomic mass is 10.1. The van der Waals surface area contributed by atoms with Gasteiger partial charge in [-0.05, 0) is 12.1 Å². The van der Waals surface area contributed by atoms with Crippen LogP contribution in [0.25, 0.3) is 0 Å². The summed E-state index contributed by atoms with van der Waals surface area (Å²) in [6.07, 6.45) is 1.32. The molecule has 0 saturated carbocycles. The number of amides is 1. The van der Waals surface area contributed by atoms with Crippen LogP contribution in [0.3, 0.4) is 0 Å². The maximum absolute atomic E-state index is 13.5. The molecule has 2 rings (SSSR count). The van der Waals surface area contributed by atoms with Crippen molar-refractivity contribution in [1.82, 2.24) is 10.5 Å². The van der Waals surface area contributed by atoms with E-state index in [-0.39, 0.29) is 12.2 Å². The van der Waals surface area contributed by atoms with E-state index in [2.05, 4.69) is 15.0 Å². The van der Waals surface area contributed by atoms with E-state index in [9.17, 15) is 13.6 Å². The zero-order valence-electron chi connectivity index (χ0n) is 9.11. The number of hydrogen-bond acceptors (Lipinski definition) is 4. The largest absolute Gasteiger partial charge is 0.396 e. The van der Waals surface area contributed by atoms with Gasteiger partial charge in [0, 0.05) is 6.07 Å². The Morgan fingerprint density at radius 1 is 1.39 bits per heavy atom. The molecule has 0 aliphatic rings. The highest BCUT2D eigenvalue weighted by Crippen LogP contribution is 2.18. The van der Waals surface area contributed by atoms with E-state index < -0.39 is 23.1 Å². The highest BCUT2D eigenvalue weighted by Gasteiger charge is 2.19. The molecule has 7 heteroatoms. The number of halogens is 2. The van der Waals surface area contributed by atoms with E-state index in [4.69, 9.17) is 5.73 Å². The number of anilines is 1. The molecule has 1 aromatic heterocycles. The van der Waals surface area contributed by atoms with Crippen LogP contribution in [0.1, 0.15) is 16.1 Å². The number of nitrogen functional groups attached to an aromatic ring is 1. The zero-order valence-corrected chi connectivity index (χ0v) is 9.11. The number of nitrogens with two attached hydrogens (primary N) is 1. The van der Waals surface area contributed by atoms with Crippen molar-refractivity contribution >= 4 is 11.6 Å². The van der Waals surface area contributed by atoms with E-state index in [0.717, 1.165) is 12.1 Å². The Morgan fingerprint density at radius 3 is 2.83 bits per heavy atom. The van der Waals surface area contributed by atoms with Crippen LogP contribution >= 0.6 is 0 Å². The quantitative estimate of drug-likeness (QED) is 0.811. The van der Waals surface area contributed by atoms with Crippen molar-refractivity contribution in [2.45, 2.75) is 6.54 Å². The summed E-state index contributed by atoms with van der Waals surface area (Å²) in [6.45, 7) is 0.00299. The summed E-state index contributed by atoms with van der Waals surface area (Å²) in [5.74, 6) is -2.95. The Morgan fingerprint density at radius 2 is 2.17 bits per heavy atom. The first-order valence-electron chi connectivity index (χ1n) is 5.00. The highest BCUT2D eigenvalue weighted by molar-refractivity contribution is 5.95. The molecule has 18 heavy (non-hydrogen) atoms. The van der Waals surface area contributed by atoms with Crippen molar-refractivity contribution in [3.8, 4) is 0 Å². The van der Waals surface area contributed by atoms with Crippen molar-refractivity contribution in [2.24, 2.45) is 0 Å². The van der Waals surface area contributed by atoms with Crippen molar-refractivity contribution in [3.05, 3.63) is 47.4 Å². The molecule has 0 atom stereocenters. The van der Waals surface area contributed by atoms with Gasteiger partial charge in [0.15, 0.2) is 5.82 Å². The summed E-state index contributed by atoms with van der Waals surface area (Å²) in [7, 11) is 0. The number of benzene rings is 1. The normalized spacial score (nSPS) is 10.3. The lowest BCUT2D eigenvalue weighted by Crippen LogP contribution is -2.25. The third-order valence-corrected chi connectivity index (χ3v) is 2.27. The van der Waals surface area contributed by atoms with E-state index in [1.807, 2.05) is 0 Å². The summed E-state index contributed by atoms with van der Waals surface area (Å²) in [5, 5.41) is 5.86. The fourth-order valence-corrected chi connectivity index (χ4v) is 1.36. The number of hydrogen-bond donors (Lipinski definition) is 2. The lowest BCUT2D eigenvalue weighted by Gasteiger charge is -2.07. The van der Waals surface area contributed by atoms with Crippen LogP contribution in [0.15, 0.2) is 29.0 Å². The number of nitrogens with zero attached hydrogens (tertiary/aromatic N) is 1. The minimum Gasteiger partial charge on any atom is -0.396 e. The van der Waals surface area contributed by atoms with Gasteiger partial charge in [-0.1, -0.05) is 5.16 Å². The molecule has 0 unspecified atom stereocenters. The molecule has 0 fully saturated rings. The van der Waals surface area contributed by atoms with Crippen LogP contribution in [0.5, 0.6) is 0 Å². The molecule has 3 N–H and O–H groups in total. The second-order valence-corrected chi connectivity index (χ2v) is 3.50. The predicted molar refractivity (Wildman–Crippen MR) is 58.4 cm³/mol. The van der Waals surface area contributed by atoms with Crippen molar-refractivity contribution in [1.29, 1.82) is 0 Å². The molecule has 0 aliphatic heterocycles. The predicted octanol–water partition coefficient (Wildman–Crippen LogP) is 1.47. The summed E-state index contributed by atoms with van der Waals surface area (Å²) in [6, 6.07) is 3.51. The Labute approximate surface area is 101 Å². The van der Waals surface area contributed by atoms with Crippen LogP contribution in [-0.2, 0) is 6.54 Å². The molecular formula is C11H9F2N3O2. The summed E-state index contributed by atoms with van der Waals surface area (Å²) >= 11 is 0. The molecule has 1 heterocycles. The van der Waals surface area contributed by atoms with Gasteiger partial charge in [-0.15, -0.1) is 0 Å². The van der Waals surface area contributed by atoms with Crippen molar-refractivity contribution < 1.29 is 18.1 Å². The van der Waals surface area contributed by atoms with Gasteiger partial charge in [-0.25, -0.2) is 8.78 Å². The second kappa shape index (κ2) is 4.82. The maximum atomic E-state index is 13.5. The first kappa shape index (κ1) is 12.0. The molecule has 94 valence electrons. The smallest absolute Gasteiger partial charge is 0.257 e. The first-order chi connectivity index (χ1) is 8.59. The van der Waals surface area contributed by atoms with E-state index in [1.54, 1.807) is 0 Å². The number of carbonyl (C=O) groups is 1. The number of carbonyl (C=O) groups excluding carboxylic acids is 1. The third kappa shape index (κ3) is 2.29.